The highest BCUT2D eigenvalue weighted by atomic mass is 35.5. The Morgan fingerprint density at radius 3 is 3.00 bits per heavy atom. The van der Waals surface area contributed by atoms with Crippen LogP contribution in [0.25, 0.3) is 5.57 Å². The first-order valence-corrected chi connectivity index (χ1v) is 5.19. The second-order valence-electron chi connectivity index (χ2n) is 2.31. The molecule has 1 rings (SSSR count). The summed E-state index contributed by atoms with van der Waals surface area (Å²) in [5.74, 6) is -0.493. The predicted molar refractivity (Wildman–Crippen MR) is 57.0 cm³/mol. The van der Waals surface area contributed by atoms with Crippen molar-refractivity contribution in [3.8, 4) is 0 Å². The summed E-state index contributed by atoms with van der Waals surface area (Å²) in [6, 6.07) is 0. The summed E-state index contributed by atoms with van der Waals surface area (Å²) in [4.78, 5) is 15.3. The van der Waals surface area contributed by atoms with Gasteiger partial charge >= 0.3 is 5.97 Å². The fourth-order valence-corrected chi connectivity index (χ4v) is 1.59. The molecule has 0 radical (unpaired) electrons. The molecule has 0 aromatic carbocycles. The van der Waals surface area contributed by atoms with Crippen LogP contribution in [0.5, 0.6) is 0 Å². The SMILES string of the molecule is CCOC(=O)/C(=C/Cl)c1csc(N)n1. The monoisotopic (exact) mass is 232 g/mol. The average molecular weight is 233 g/mol. The lowest BCUT2D eigenvalue weighted by Gasteiger charge is -2.01. The highest BCUT2D eigenvalue weighted by Gasteiger charge is 2.15. The Labute approximate surface area is 90.3 Å². The number of anilines is 1. The smallest absolute Gasteiger partial charge is 0.341 e. The minimum atomic E-state index is -0.493. The number of esters is 1. The maximum Gasteiger partial charge on any atom is 0.341 e. The second kappa shape index (κ2) is 4.97. The molecular weight excluding hydrogens is 224 g/mol. The van der Waals surface area contributed by atoms with Crippen molar-refractivity contribution in [2.24, 2.45) is 0 Å². The molecular formula is C8H9ClN2O2S. The predicted octanol–water partition coefficient (Wildman–Crippen LogP) is 1.87. The van der Waals surface area contributed by atoms with Crippen molar-refractivity contribution in [3.63, 3.8) is 0 Å². The lowest BCUT2D eigenvalue weighted by atomic mass is 10.2. The number of nitrogens with zero attached hydrogens (tertiary/aromatic N) is 1. The van der Waals surface area contributed by atoms with E-state index in [9.17, 15) is 4.79 Å². The number of rotatable bonds is 3. The number of carbonyl (C=O) groups excluding carboxylic acids is 1. The van der Waals surface area contributed by atoms with Crippen LogP contribution in [0.1, 0.15) is 12.6 Å². The van der Waals surface area contributed by atoms with Gasteiger partial charge in [0.25, 0.3) is 0 Å². The molecule has 0 fully saturated rings. The van der Waals surface area contributed by atoms with Gasteiger partial charge in [0.2, 0.25) is 0 Å². The van der Waals surface area contributed by atoms with E-state index in [2.05, 4.69) is 4.98 Å². The van der Waals surface area contributed by atoms with Gasteiger partial charge in [0.15, 0.2) is 5.13 Å². The number of ether oxygens (including phenoxy) is 1. The summed E-state index contributed by atoms with van der Waals surface area (Å²) in [5.41, 5.74) is 7.24. The van der Waals surface area contributed by atoms with Crippen LogP contribution < -0.4 is 5.73 Å². The molecule has 1 aromatic rings. The first-order valence-electron chi connectivity index (χ1n) is 3.88. The Morgan fingerprint density at radius 1 is 1.86 bits per heavy atom. The fourth-order valence-electron chi connectivity index (χ4n) is 0.825. The maximum atomic E-state index is 11.3. The van der Waals surface area contributed by atoms with Crippen molar-refractivity contribution in [1.29, 1.82) is 0 Å². The molecule has 0 spiro atoms. The minimum absolute atomic E-state index is 0.224. The molecule has 0 bridgehead atoms. The Hall–Kier alpha value is -1.07. The van der Waals surface area contributed by atoms with Crippen molar-refractivity contribution in [2.45, 2.75) is 6.92 Å². The number of nitrogens with two attached hydrogens (primary N) is 1. The van der Waals surface area contributed by atoms with E-state index in [0.717, 1.165) is 5.54 Å². The van der Waals surface area contributed by atoms with E-state index >= 15 is 0 Å². The summed E-state index contributed by atoms with van der Waals surface area (Å²) in [6.07, 6.45) is 0. The lowest BCUT2D eigenvalue weighted by molar-refractivity contribution is -0.136. The van der Waals surface area contributed by atoms with Gasteiger partial charge in [-0.25, -0.2) is 9.78 Å². The molecule has 4 nitrogen and oxygen atoms in total. The molecule has 0 saturated carbocycles. The standard InChI is InChI=1S/C8H9ClN2O2S/c1-2-13-7(12)5(3-9)6-4-14-8(10)11-6/h3-4H,2H2,1H3,(H2,10,11)/b5-3+. The topological polar surface area (TPSA) is 65.2 Å². The molecule has 0 aliphatic rings. The van der Waals surface area contributed by atoms with Crippen molar-refractivity contribution in [3.05, 3.63) is 16.6 Å². The van der Waals surface area contributed by atoms with Gasteiger partial charge < -0.3 is 10.5 Å². The second-order valence-corrected chi connectivity index (χ2v) is 3.42. The van der Waals surface area contributed by atoms with Crippen molar-refractivity contribution in [2.75, 3.05) is 12.3 Å². The van der Waals surface area contributed by atoms with Gasteiger partial charge in [-0.1, -0.05) is 11.6 Å². The van der Waals surface area contributed by atoms with E-state index in [-0.39, 0.29) is 5.57 Å². The number of nitrogen functional groups attached to an aromatic ring is 1. The molecule has 76 valence electrons. The van der Waals surface area contributed by atoms with Crippen molar-refractivity contribution < 1.29 is 9.53 Å². The van der Waals surface area contributed by atoms with Crippen LogP contribution in [0.3, 0.4) is 0 Å². The minimum Gasteiger partial charge on any atom is -0.462 e. The van der Waals surface area contributed by atoms with Crippen LogP contribution in [0.15, 0.2) is 10.9 Å². The third kappa shape index (κ3) is 2.46. The summed E-state index contributed by atoms with van der Waals surface area (Å²) < 4.78 is 4.79. The third-order valence-electron chi connectivity index (χ3n) is 1.40. The Kier molecular flexibility index (Phi) is 3.91. The summed E-state index contributed by atoms with van der Waals surface area (Å²) in [5, 5.41) is 2.04. The van der Waals surface area contributed by atoms with Crippen LogP contribution in [-0.4, -0.2) is 17.6 Å². The molecule has 0 aliphatic heterocycles. The number of hydrogen-bond acceptors (Lipinski definition) is 5. The number of aromatic nitrogens is 1. The first-order chi connectivity index (χ1) is 6.69. The molecule has 0 saturated heterocycles. The quantitative estimate of drug-likeness (QED) is 0.638. The molecule has 14 heavy (non-hydrogen) atoms. The van der Waals surface area contributed by atoms with Crippen LogP contribution in [0.2, 0.25) is 0 Å². The highest BCUT2D eigenvalue weighted by Crippen LogP contribution is 2.21. The average Bonchev–Trinajstić information content (AvgIpc) is 2.54. The van der Waals surface area contributed by atoms with Gasteiger partial charge in [-0.2, -0.15) is 0 Å². The number of halogens is 1. The van der Waals surface area contributed by atoms with Crippen LogP contribution in [0, 0.1) is 0 Å². The van der Waals surface area contributed by atoms with E-state index in [1.165, 1.54) is 11.3 Å². The van der Waals surface area contributed by atoms with Crippen LogP contribution >= 0.6 is 22.9 Å². The molecule has 2 N–H and O–H groups in total. The van der Waals surface area contributed by atoms with E-state index < -0.39 is 5.97 Å². The van der Waals surface area contributed by atoms with E-state index in [0.29, 0.717) is 17.4 Å². The zero-order valence-electron chi connectivity index (χ0n) is 7.49. The fraction of sp³-hybridized carbons (Fsp3) is 0.250. The third-order valence-corrected chi connectivity index (χ3v) is 2.29. The molecule has 1 aromatic heterocycles. The Balaban J connectivity index is 2.88. The summed E-state index contributed by atoms with van der Waals surface area (Å²) in [7, 11) is 0. The number of hydrogen-bond donors (Lipinski definition) is 1. The number of carbonyl (C=O) groups is 1. The molecule has 1 heterocycles. The van der Waals surface area contributed by atoms with Gasteiger partial charge in [0.1, 0.15) is 0 Å². The summed E-state index contributed by atoms with van der Waals surface area (Å²) in [6.45, 7) is 2.02. The van der Waals surface area contributed by atoms with E-state index in [1.807, 2.05) is 0 Å². The zero-order chi connectivity index (χ0) is 10.6. The highest BCUT2D eigenvalue weighted by molar-refractivity contribution is 7.13. The Bertz CT molecular complexity index is 362. The zero-order valence-corrected chi connectivity index (χ0v) is 9.06. The summed E-state index contributed by atoms with van der Waals surface area (Å²) >= 11 is 6.75. The van der Waals surface area contributed by atoms with Gasteiger partial charge in [0.05, 0.1) is 17.9 Å². The van der Waals surface area contributed by atoms with Gasteiger partial charge in [-0.05, 0) is 6.92 Å². The molecule has 0 amide bonds. The molecule has 0 unspecified atom stereocenters. The maximum absolute atomic E-state index is 11.3. The van der Waals surface area contributed by atoms with Gasteiger partial charge in [-0.15, -0.1) is 11.3 Å². The van der Waals surface area contributed by atoms with Crippen LogP contribution in [-0.2, 0) is 9.53 Å². The Morgan fingerprint density at radius 2 is 2.57 bits per heavy atom. The number of thiazole rings is 1. The van der Waals surface area contributed by atoms with E-state index in [4.69, 9.17) is 22.1 Å². The van der Waals surface area contributed by atoms with Crippen molar-refractivity contribution >= 4 is 39.6 Å². The first kappa shape index (κ1) is 11.0. The van der Waals surface area contributed by atoms with E-state index in [1.54, 1.807) is 12.3 Å². The molecule has 0 atom stereocenters. The molecule has 0 aliphatic carbocycles. The van der Waals surface area contributed by atoms with Gasteiger partial charge in [-0.3, -0.25) is 0 Å². The largest absolute Gasteiger partial charge is 0.462 e. The molecule has 6 heteroatoms. The van der Waals surface area contributed by atoms with Crippen LogP contribution in [0.4, 0.5) is 5.13 Å². The lowest BCUT2D eigenvalue weighted by Crippen LogP contribution is -2.06. The normalized spacial score (nSPS) is 11.4. The van der Waals surface area contributed by atoms with Crippen molar-refractivity contribution in [1.82, 2.24) is 4.98 Å². The van der Waals surface area contributed by atoms with Gasteiger partial charge in [0, 0.05) is 10.9 Å².